The summed E-state index contributed by atoms with van der Waals surface area (Å²) in [6.45, 7) is 7.16. The average molecular weight is 359 g/mol. The van der Waals surface area contributed by atoms with E-state index >= 15 is 0 Å². The van der Waals surface area contributed by atoms with Crippen LogP contribution in [0.3, 0.4) is 0 Å². The first kappa shape index (κ1) is 18.7. The van der Waals surface area contributed by atoms with Gasteiger partial charge in [-0.1, -0.05) is 13.3 Å². The Bertz CT molecular complexity index is 165. The van der Waals surface area contributed by atoms with Gasteiger partial charge in [0.25, 0.3) is 0 Å². The van der Waals surface area contributed by atoms with Crippen molar-refractivity contribution in [3.05, 3.63) is 0 Å². The number of nitrogens with zero attached hydrogens (tertiary/aromatic N) is 1. The number of thioether (sulfide) groups is 1. The van der Waals surface area contributed by atoms with Crippen molar-refractivity contribution in [1.29, 1.82) is 0 Å². The van der Waals surface area contributed by atoms with E-state index < -0.39 is 0 Å². The lowest BCUT2D eigenvalue weighted by molar-refractivity contribution is 0.729. The number of hydrogen-bond donors (Lipinski definition) is 2. The molecule has 0 heterocycles. The number of hydrogen-bond acceptors (Lipinski definition) is 2. The summed E-state index contributed by atoms with van der Waals surface area (Å²) in [5.41, 5.74) is 0. The summed E-state index contributed by atoms with van der Waals surface area (Å²) in [6, 6.07) is 0. The third-order valence-corrected chi connectivity index (χ3v) is 2.64. The van der Waals surface area contributed by atoms with Crippen LogP contribution in [0.2, 0.25) is 0 Å². The van der Waals surface area contributed by atoms with Gasteiger partial charge in [0, 0.05) is 19.6 Å². The molecule has 0 aromatic rings. The Morgan fingerprint density at radius 2 is 1.94 bits per heavy atom. The fourth-order valence-electron chi connectivity index (χ4n) is 1.13. The van der Waals surface area contributed by atoms with Crippen LogP contribution in [0.5, 0.6) is 0 Å². The SMILES string of the molecule is CCCCNC(=NCCCSC)NCC.I. The highest BCUT2D eigenvalue weighted by atomic mass is 127. The second-order valence-electron chi connectivity index (χ2n) is 3.39. The van der Waals surface area contributed by atoms with Gasteiger partial charge < -0.3 is 10.6 Å². The minimum absolute atomic E-state index is 0. The first-order valence-electron chi connectivity index (χ1n) is 5.86. The van der Waals surface area contributed by atoms with Crippen molar-refractivity contribution in [3.63, 3.8) is 0 Å². The van der Waals surface area contributed by atoms with Gasteiger partial charge in [0.15, 0.2) is 5.96 Å². The van der Waals surface area contributed by atoms with E-state index in [-0.39, 0.29) is 24.0 Å². The lowest BCUT2D eigenvalue weighted by Gasteiger charge is -2.10. The van der Waals surface area contributed by atoms with Gasteiger partial charge >= 0.3 is 0 Å². The minimum Gasteiger partial charge on any atom is -0.357 e. The predicted molar refractivity (Wildman–Crippen MR) is 87.3 cm³/mol. The number of aliphatic imine (C=N–C) groups is 1. The maximum atomic E-state index is 4.50. The van der Waals surface area contributed by atoms with Crippen LogP contribution < -0.4 is 10.6 Å². The van der Waals surface area contributed by atoms with Crippen LogP contribution in [0, 0.1) is 0 Å². The van der Waals surface area contributed by atoms with Crippen LogP contribution in [0.1, 0.15) is 33.1 Å². The maximum absolute atomic E-state index is 4.50. The molecule has 0 bridgehead atoms. The zero-order valence-corrected chi connectivity index (χ0v) is 13.9. The zero-order chi connectivity index (χ0) is 11.4. The van der Waals surface area contributed by atoms with Crippen LogP contribution >= 0.6 is 35.7 Å². The summed E-state index contributed by atoms with van der Waals surface area (Å²) < 4.78 is 0. The average Bonchev–Trinajstić information content (AvgIpc) is 2.24. The number of rotatable bonds is 8. The van der Waals surface area contributed by atoms with Gasteiger partial charge in [0.1, 0.15) is 0 Å². The molecule has 5 heteroatoms. The highest BCUT2D eigenvalue weighted by Crippen LogP contribution is 1.95. The molecule has 98 valence electrons. The number of guanidine groups is 1. The monoisotopic (exact) mass is 359 g/mol. The fourth-order valence-corrected chi connectivity index (χ4v) is 1.54. The van der Waals surface area contributed by atoms with Crippen molar-refractivity contribution in [2.24, 2.45) is 4.99 Å². The number of halogens is 1. The molecule has 0 saturated heterocycles. The molecule has 0 aromatic heterocycles. The van der Waals surface area contributed by atoms with Crippen LogP contribution in [0.4, 0.5) is 0 Å². The van der Waals surface area contributed by atoms with Crippen LogP contribution in [-0.2, 0) is 0 Å². The van der Waals surface area contributed by atoms with Crippen molar-refractivity contribution < 1.29 is 0 Å². The summed E-state index contributed by atoms with van der Waals surface area (Å²) >= 11 is 1.88. The Balaban J connectivity index is 0. The van der Waals surface area contributed by atoms with Gasteiger partial charge in [-0.05, 0) is 31.8 Å². The van der Waals surface area contributed by atoms with Gasteiger partial charge in [-0.25, -0.2) is 0 Å². The van der Waals surface area contributed by atoms with Crippen LogP contribution in [0.15, 0.2) is 4.99 Å². The van der Waals surface area contributed by atoms with Crippen molar-refractivity contribution in [3.8, 4) is 0 Å². The highest BCUT2D eigenvalue weighted by Gasteiger charge is 1.94. The van der Waals surface area contributed by atoms with E-state index in [0.717, 1.165) is 32.0 Å². The quantitative estimate of drug-likeness (QED) is 0.303. The molecule has 0 spiro atoms. The molecule has 0 saturated carbocycles. The van der Waals surface area contributed by atoms with E-state index in [4.69, 9.17) is 0 Å². The molecule has 0 aromatic carbocycles. The standard InChI is InChI=1S/C11H25N3S.HI/c1-4-6-8-13-11(12-5-2)14-9-7-10-15-3;/h4-10H2,1-3H3,(H2,12,13,14);1H. The smallest absolute Gasteiger partial charge is 0.191 e. The molecular weight excluding hydrogens is 333 g/mol. The zero-order valence-electron chi connectivity index (χ0n) is 10.7. The second kappa shape index (κ2) is 15.4. The van der Waals surface area contributed by atoms with Crippen molar-refractivity contribution >= 4 is 41.7 Å². The summed E-state index contributed by atoms with van der Waals surface area (Å²) in [4.78, 5) is 4.50. The summed E-state index contributed by atoms with van der Waals surface area (Å²) in [6.07, 6.45) is 5.72. The predicted octanol–water partition coefficient (Wildman–Crippen LogP) is 2.71. The second-order valence-corrected chi connectivity index (χ2v) is 4.37. The van der Waals surface area contributed by atoms with Crippen molar-refractivity contribution in [2.75, 3.05) is 31.6 Å². The molecule has 3 nitrogen and oxygen atoms in total. The Hall–Kier alpha value is 0.350. The van der Waals surface area contributed by atoms with Gasteiger partial charge in [-0.15, -0.1) is 24.0 Å². The Morgan fingerprint density at radius 1 is 1.19 bits per heavy atom. The first-order chi connectivity index (χ1) is 7.35. The summed E-state index contributed by atoms with van der Waals surface area (Å²) in [5, 5.41) is 6.58. The topological polar surface area (TPSA) is 36.4 Å². The fraction of sp³-hybridized carbons (Fsp3) is 0.909. The number of nitrogens with one attached hydrogen (secondary N) is 2. The Labute approximate surface area is 122 Å². The van der Waals surface area contributed by atoms with Gasteiger partial charge in [0.2, 0.25) is 0 Å². The molecule has 0 fully saturated rings. The van der Waals surface area contributed by atoms with E-state index in [1.807, 2.05) is 11.8 Å². The van der Waals surface area contributed by atoms with Gasteiger partial charge in [0.05, 0.1) is 0 Å². The van der Waals surface area contributed by atoms with E-state index in [0.29, 0.717) is 0 Å². The first-order valence-corrected chi connectivity index (χ1v) is 7.25. The summed E-state index contributed by atoms with van der Waals surface area (Å²) in [7, 11) is 0. The largest absolute Gasteiger partial charge is 0.357 e. The lowest BCUT2D eigenvalue weighted by Crippen LogP contribution is -2.37. The molecule has 0 aliphatic rings. The molecular formula is C11H26IN3S. The third kappa shape index (κ3) is 12.4. The van der Waals surface area contributed by atoms with E-state index in [1.54, 1.807) is 0 Å². The van der Waals surface area contributed by atoms with E-state index in [1.165, 1.54) is 18.6 Å². The molecule has 16 heavy (non-hydrogen) atoms. The summed E-state index contributed by atoms with van der Waals surface area (Å²) in [5.74, 6) is 2.16. The minimum atomic E-state index is 0. The molecule has 2 N–H and O–H groups in total. The lowest BCUT2D eigenvalue weighted by atomic mass is 10.3. The maximum Gasteiger partial charge on any atom is 0.191 e. The normalized spacial score (nSPS) is 10.8. The van der Waals surface area contributed by atoms with Crippen LogP contribution in [-0.4, -0.2) is 37.6 Å². The molecule has 0 aliphatic carbocycles. The highest BCUT2D eigenvalue weighted by molar-refractivity contribution is 14.0. The molecule has 0 unspecified atom stereocenters. The van der Waals surface area contributed by atoms with Gasteiger partial charge in [-0.3, -0.25) is 4.99 Å². The van der Waals surface area contributed by atoms with E-state index in [9.17, 15) is 0 Å². The third-order valence-electron chi connectivity index (χ3n) is 1.94. The Kier molecular flexibility index (Phi) is 17.9. The van der Waals surface area contributed by atoms with E-state index in [2.05, 4.69) is 35.7 Å². The number of unbranched alkanes of at least 4 members (excludes halogenated alkanes) is 1. The molecule has 0 atom stereocenters. The Morgan fingerprint density at radius 3 is 2.50 bits per heavy atom. The van der Waals surface area contributed by atoms with Crippen LogP contribution in [0.25, 0.3) is 0 Å². The van der Waals surface area contributed by atoms with Gasteiger partial charge in [-0.2, -0.15) is 11.8 Å². The molecule has 0 radical (unpaired) electrons. The van der Waals surface area contributed by atoms with Crippen molar-refractivity contribution in [1.82, 2.24) is 10.6 Å². The molecule has 0 aliphatic heterocycles. The molecule has 0 rings (SSSR count). The molecule has 0 amide bonds. The van der Waals surface area contributed by atoms with Crippen molar-refractivity contribution in [2.45, 2.75) is 33.1 Å².